The van der Waals surface area contributed by atoms with Crippen molar-refractivity contribution < 1.29 is 19.1 Å². The largest absolute Gasteiger partial charge is 0.497 e. The topological polar surface area (TPSA) is 76.7 Å². The fourth-order valence-electron chi connectivity index (χ4n) is 4.27. The molecule has 0 aromatic heterocycles. The van der Waals surface area contributed by atoms with Crippen LogP contribution in [0, 0.1) is 11.8 Å². The number of hydrogen-bond donors (Lipinski definition) is 2. The highest BCUT2D eigenvalue weighted by Gasteiger charge is 2.25. The normalized spacial score (nSPS) is 13.6. The molecule has 2 unspecified atom stereocenters. The Labute approximate surface area is 229 Å². The fourth-order valence-corrected chi connectivity index (χ4v) is 4.27. The highest BCUT2D eigenvalue weighted by molar-refractivity contribution is 5.98. The van der Waals surface area contributed by atoms with Crippen LogP contribution in [0.1, 0.15) is 87.9 Å². The standard InChI is InChI=1S/C32H48N2O4/c1-31(2,3)33-21-25(29(35)23-13-17-27(37-7)18-14-23)11-9-10-12-26(22-34-32(4,5)6)30(36)24-15-19-28(38-8)20-16-24/h13-20,25-26,33-34H,9-12,21-22H2,1-8H3. The molecule has 0 saturated heterocycles. The van der Waals surface area contributed by atoms with Crippen LogP contribution in [-0.4, -0.2) is 50.0 Å². The number of carbonyl (C=O) groups excluding carboxylic acids is 2. The summed E-state index contributed by atoms with van der Waals surface area (Å²) in [7, 11) is 3.24. The van der Waals surface area contributed by atoms with E-state index in [1.165, 1.54) is 0 Å². The molecule has 2 N–H and O–H groups in total. The summed E-state index contributed by atoms with van der Waals surface area (Å²) in [6.45, 7) is 13.9. The van der Waals surface area contributed by atoms with E-state index in [9.17, 15) is 9.59 Å². The van der Waals surface area contributed by atoms with Gasteiger partial charge < -0.3 is 20.1 Å². The first-order valence-corrected chi connectivity index (χ1v) is 13.7. The molecular weight excluding hydrogens is 476 g/mol. The second-order valence-corrected chi connectivity index (χ2v) is 12.1. The lowest BCUT2D eigenvalue weighted by atomic mass is 9.88. The van der Waals surface area contributed by atoms with E-state index in [1.54, 1.807) is 14.2 Å². The van der Waals surface area contributed by atoms with Gasteiger partial charge in [0.2, 0.25) is 0 Å². The first-order valence-electron chi connectivity index (χ1n) is 13.7. The van der Waals surface area contributed by atoms with E-state index in [0.717, 1.165) is 37.2 Å². The third-order valence-corrected chi connectivity index (χ3v) is 6.60. The number of carbonyl (C=O) groups is 2. The smallest absolute Gasteiger partial charge is 0.167 e. The summed E-state index contributed by atoms with van der Waals surface area (Å²) in [5.74, 6) is 1.50. The number of hydrogen-bond acceptors (Lipinski definition) is 6. The van der Waals surface area contributed by atoms with E-state index >= 15 is 0 Å². The number of ether oxygens (including phenoxy) is 2. The Kier molecular flexibility index (Phi) is 12.0. The Balaban J connectivity index is 2.06. The molecule has 210 valence electrons. The van der Waals surface area contributed by atoms with Crippen molar-refractivity contribution in [3.63, 3.8) is 0 Å². The van der Waals surface area contributed by atoms with Crippen LogP contribution >= 0.6 is 0 Å². The van der Waals surface area contributed by atoms with Gasteiger partial charge in [0, 0.05) is 47.1 Å². The predicted octanol–water partition coefficient (Wildman–Crippen LogP) is 6.34. The van der Waals surface area contributed by atoms with Crippen LogP contribution in [0.2, 0.25) is 0 Å². The number of nitrogens with one attached hydrogen (secondary N) is 2. The Morgan fingerprint density at radius 3 is 1.21 bits per heavy atom. The first kappa shape index (κ1) is 31.5. The average Bonchev–Trinajstić information content (AvgIpc) is 2.88. The zero-order valence-corrected chi connectivity index (χ0v) is 24.6. The molecule has 2 aromatic carbocycles. The third-order valence-electron chi connectivity index (χ3n) is 6.60. The van der Waals surface area contributed by atoms with Gasteiger partial charge in [0.25, 0.3) is 0 Å². The van der Waals surface area contributed by atoms with E-state index in [4.69, 9.17) is 9.47 Å². The molecular formula is C32H48N2O4. The van der Waals surface area contributed by atoms with Crippen molar-refractivity contribution in [1.29, 1.82) is 0 Å². The lowest BCUT2D eigenvalue weighted by Crippen LogP contribution is -2.41. The van der Waals surface area contributed by atoms with Gasteiger partial charge in [0.15, 0.2) is 11.6 Å². The van der Waals surface area contributed by atoms with Crippen LogP contribution in [0.4, 0.5) is 0 Å². The van der Waals surface area contributed by atoms with Gasteiger partial charge in [-0.05, 0) is 103 Å². The highest BCUT2D eigenvalue weighted by atomic mass is 16.5. The van der Waals surface area contributed by atoms with Crippen molar-refractivity contribution in [2.24, 2.45) is 11.8 Å². The second-order valence-electron chi connectivity index (χ2n) is 12.1. The van der Waals surface area contributed by atoms with Crippen molar-refractivity contribution >= 4 is 11.6 Å². The van der Waals surface area contributed by atoms with Crippen molar-refractivity contribution in [3.8, 4) is 11.5 Å². The molecule has 0 saturated carbocycles. The van der Waals surface area contributed by atoms with Crippen LogP contribution in [0.5, 0.6) is 11.5 Å². The fraction of sp³-hybridized carbons (Fsp3) is 0.562. The van der Waals surface area contributed by atoms with Gasteiger partial charge in [0.1, 0.15) is 11.5 Å². The maximum atomic E-state index is 13.4. The number of rotatable bonds is 15. The van der Waals surface area contributed by atoms with Gasteiger partial charge in [0.05, 0.1) is 14.2 Å². The average molecular weight is 525 g/mol. The molecule has 6 heteroatoms. The van der Waals surface area contributed by atoms with Crippen LogP contribution < -0.4 is 20.1 Å². The van der Waals surface area contributed by atoms with Gasteiger partial charge in [-0.15, -0.1) is 0 Å². The van der Waals surface area contributed by atoms with E-state index in [-0.39, 0.29) is 34.5 Å². The molecule has 38 heavy (non-hydrogen) atoms. The van der Waals surface area contributed by atoms with Crippen LogP contribution in [0.15, 0.2) is 48.5 Å². The second kappa shape index (κ2) is 14.5. The minimum Gasteiger partial charge on any atom is -0.497 e. The van der Waals surface area contributed by atoms with Crippen LogP contribution in [0.3, 0.4) is 0 Å². The van der Waals surface area contributed by atoms with Gasteiger partial charge >= 0.3 is 0 Å². The number of benzene rings is 2. The van der Waals surface area contributed by atoms with Crippen LogP contribution in [-0.2, 0) is 0 Å². The minimum atomic E-state index is -0.133. The van der Waals surface area contributed by atoms with Crippen molar-refractivity contribution in [2.75, 3.05) is 27.3 Å². The summed E-state index contributed by atoms with van der Waals surface area (Å²) < 4.78 is 10.5. The van der Waals surface area contributed by atoms with Crippen LogP contribution in [0.25, 0.3) is 0 Å². The molecule has 2 aromatic rings. The molecule has 0 aliphatic rings. The molecule has 2 rings (SSSR count). The van der Waals surface area contributed by atoms with Crippen molar-refractivity contribution in [1.82, 2.24) is 10.6 Å². The molecule has 0 aliphatic carbocycles. The Morgan fingerprint density at radius 2 is 0.947 bits per heavy atom. The zero-order chi connectivity index (χ0) is 28.3. The highest BCUT2D eigenvalue weighted by Crippen LogP contribution is 2.23. The summed E-state index contributed by atoms with van der Waals surface area (Å²) in [5.41, 5.74) is 1.25. The first-order chi connectivity index (χ1) is 17.8. The lowest BCUT2D eigenvalue weighted by Gasteiger charge is -2.26. The van der Waals surface area contributed by atoms with Gasteiger partial charge in [-0.3, -0.25) is 9.59 Å². The van der Waals surface area contributed by atoms with Crippen molar-refractivity contribution in [2.45, 2.75) is 78.3 Å². The Hall–Kier alpha value is -2.70. The van der Waals surface area contributed by atoms with Gasteiger partial charge in [-0.1, -0.05) is 12.8 Å². The van der Waals surface area contributed by atoms with E-state index in [0.29, 0.717) is 24.2 Å². The van der Waals surface area contributed by atoms with Gasteiger partial charge in [-0.25, -0.2) is 0 Å². The number of unbranched alkanes of at least 4 members (excludes halogenated alkanes) is 1. The molecule has 0 spiro atoms. The van der Waals surface area contributed by atoms with E-state index < -0.39 is 0 Å². The molecule has 0 fully saturated rings. The van der Waals surface area contributed by atoms with Gasteiger partial charge in [-0.2, -0.15) is 0 Å². The zero-order valence-electron chi connectivity index (χ0n) is 24.6. The minimum absolute atomic E-state index is 0.0764. The van der Waals surface area contributed by atoms with E-state index in [2.05, 4.69) is 52.2 Å². The Morgan fingerprint density at radius 1 is 0.632 bits per heavy atom. The molecule has 6 nitrogen and oxygen atoms in total. The SMILES string of the molecule is COc1ccc(C(=O)C(CCCCC(CNC(C)(C)C)C(=O)c2ccc(OC)cc2)CNC(C)(C)C)cc1. The number of ketones is 2. The maximum absolute atomic E-state index is 13.4. The summed E-state index contributed by atoms with van der Waals surface area (Å²) in [4.78, 5) is 26.8. The molecule has 0 aliphatic heterocycles. The lowest BCUT2D eigenvalue weighted by molar-refractivity contribution is 0.0886. The monoisotopic (exact) mass is 524 g/mol. The summed E-state index contributed by atoms with van der Waals surface area (Å²) in [6.07, 6.45) is 3.29. The molecule has 0 amide bonds. The van der Waals surface area contributed by atoms with Crippen molar-refractivity contribution in [3.05, 3.63) is 59.7 Å². The summed E-state index contributed by atoms with van der Waals surface area (Å²) in [6, 6.07) is 14.7. The summed E-state index contributed by atoms with van der Waals surface area (Å²) in [5, 5.41) is 7.02. The number of Topliss-reactive ketones (excluding diaryl/α,β-unsaturated/α-hetero) is 2. The maximum Gasteiger partial charge on any atom is 0.167 e. The molecule has 0 radical (unpaired) electrons. The quantitative estimate of drug-likeness (QED) is 0.209. The third kappa shape index (κ3) is 11.0. The Bertz CT molecular complexity index is 918. The predicted molar refractivity (Wildman–Crippen MR) is 156 cm³/mol. The molecule has 0 bridgehead atoms. The summed E-state index contributed by atoms with van der Waals surface area (Å²) >= 11 is 0. The van der Waals surface area contributed by atoms with E-state index in [1.807, 2.05) is 48.5 Å². The molecule has 2 atom stereocenters. The molecule has 0 heterocycles. The number of methoxy groups -OCH3 is 2.